The Morgan fingerprint density at radius 3 is 2.56 bits per heavy atom. The number of nitrogens with zero attached hydrogens (tertiary/aromatic N) is 2. The molecule has 0 bridgehead atoms. The molecule has 0 radical (unpaired) electrons. The van der Waals surface area contributed by atoms with Crippen LogP contribution in [0.3, 0.4) is 0 Å². The molecule has 0 saturated heterocycles. The molecule has 0 spiro atoms. The maximum atomic E-state index is 5.95. The van der Waals surface area contributed by atoms with Gasteiger partial charge >= 0.3 is 0 Å². The molecule has 0 aliphatic rings. The second-order valence-corrected chi connectivity index (χ2v) is 5.81. The van der Waals surface area contributed by atoms with Crippen molar-refractivity contribution in [3.63, 3.8) is 0 Å². The Morgan fingerprint density at radius 1 is 1.50 bits per heavy atom. The first-order chi connectivity index (χ1) is 7.41. The van der Waals surface area contributed by atoms with E-state index < -0.39 is 0 Å². The van der Waals surface area contributed by atoms with Gasteiger partial charge in [0.2, 0.25) is 0 Å². The molecule has 0 aromatic carbocycles. The van der Waals surface area contributed by atoms with Crippen molar-refractivity contribution < 1.29 is 0 Å². The lowest BCUT2D eigenvalue weighted by atomic mass is 10.2. The summed E-state index contributed by atoms with van der Waals surface area (Å²) < 4.78 is 3.00. The van der Waals surface area contributed by atoms with Gasteiger partial charge in [-0.15, -0.1) is 11.6 Å². The molecule has 1 N–H and O–H groups in total. The van der Waals surface area contributed by atoms with Crippen LogP contribution in [0.1, 0.15) is 31.7 Å². The molecule has 0 amide bonds. The van der Waals surface area contributed by atoms with Crippen LogP contribution in [-0.2, 0) is 13.6 Å². The van der Waals surface area contributed by atoms with Gasteiger partial charge in [-0.3, -0.25) is 4.68 Å². The van der Waals surface area contributed by atoms with Gasteiger partial charge in [-0.25, -0.2) is 0 Å². The molecule has 1 aromatic heterocycles. The summed E-state index contributed by atoms with van der Waals surface area (Å²) in [7, 11) is 1.96. The SMILES string of the molecule is Cc1nn(C)c(CNC(C)CC(C)Cl)c1Br. The molecule has 2 unspecified atom stereocenters. The number of nitrogens with one attached hydrogen (secondary N) is 1. The number of halogens is 2. The minimum absolute atomic E-state index is 0.208. The summed E-state index contributed by atoms with van der Waals surface area (Å²) in [5, 5.41) is 8.01. The van der Waals surface area contributed by atoms with Crippen LogP contribution in [0.25, 0.3) is 0 Å². The Balaban J connectivity index is 2.54. The molecule has 0 fully saturated rings. The van der Waals surface area contributed by atoms with Crippen LogP contribution in [0.15, 0.2) is 4.47 Å². The monoisotopic (exact) mass is 307 g/mol. The highest BCUT2D eigenvalue weighted by molar-refractivity contribution is 9.10. The number of hydrogen-bond donors (Lipinski definition) is 1. The van der Waals surface area contributed by atoms with Gasteiger partial charge in [-0.2, -0.15) is 5.10 Å². The first-order valence-corrected chi connectivity index (χ1v) is 6.70. The van der Waals surface area contributed by atoms with Crippen LogP contribution in [0.4, 0.5) is 0 Å². The zero-order valence-electron chi connectivity index (χ0n) is 10.2. The quantitative estimate of drug-likeness (QED) is 0.848. The Kier molecular flexibility index (Phi) is 5.28. The molecule has 16 heavy (non-hydrogen) atoms. The molecule has 92 valence electrons. The number of alkyl halides is 1. The van der Waals surface area contributed by atoms with Crippen molar-refractivity contribution in [2.45, 2.75) is 45.2 Å². The summed E-state index contributed by atoms with van der Waals surface area (Å²) in [5.74, 6) is 0. The van der Waals surface area contributed by atoms with Crippen molar-refractivity contribution in [3.8, 4) is 0 Å². The van der Waals surface area contributed by atoms with E-state index in [1.165, 1.54) is 5.69 Å². The van der Waals surface area contributed by atoms with Crippen LogP contribution in [-0.4, -0.2) is 21.2 Å². The third-order valence-electron chi connectivity index (χ3n) is 2.56. The fourth-order valence-electron chi connectivity index (χ4n) is 1.71. The number of hydrogen-bond acceptors (Lipinski definition) is 2. The molecule has 3 nitrogen and oxygen atoms in total. The van der Waals surface area contributed by atoms with E-state index in [-0.39, 0.29) is 5.38 Å². The van der Waals surface area contributed by atoms with E-state index in [4.69, 9.17) is 11.6 Å². The van der Waals surface area contributed by atoms with Gasteiger partial charge in [-0.05, 0) is 43.1 Å². The van der Waals surface area contributed by atoms with E-state index in [1.807, 2.05) is 25.6 Å². The Labute approximate surface area is 111 Å². The number of aryl methyl sites for hydroxylation is 2. The summed E-state index contributed by atoms with van der Waals surface area (Å²) >= 11 is 9.51. The first kappa shape index (κ1) is 14.0. The van der Waals surface area contributed by atoms with Crippen molar-refractivity contribution in [2.24, 2.45) is 7.05 Å². The summed E-state index contributed by atoms with van der Waals surface area (Å²) in [4.78, 5) is 0. The van der Waals surface area contributed by atoms with Crippen LogP contribution in [0.5, 0.6) is 0 Å². The molecule has 1 rings (SSSR count). The van der Waals surface area contributed by atoms with Crippen LogP contribution in [0.2, 0.25) is 0 Å². The first-order valence-electron chi connectivity index (χ1n) is 5.47. The molecular weight excluding hydrogens is 289 g/mol. The second-order valence-electron chi connectivity index (χ2n) is 4.27. The highest BCUT2D eigenvalue weighted by Crippen LogP contribution is 2.20. The standard InChI is InChI=1S/C11H19BrClN3/c1-7(13)5-8(2)14-6-10-11(12)9(3)15-16(10)4/h7-8,14H,5-6H2,1-4H3. The Bertz CT molecular complexity index is 349. The topological polar surface area (TPSA) is 29.9 Å². The van der Waals surface area contributed by atoms with E-state index >= 15 is 0 Å². The van der Waals surface area contributed by atoms with Crippen molar-refractivity contribution in [1.29, 1.82) is 0 Å². The van der Waals surface area contributed by atoms with Crippen molar-refractivity contribution in [2.75, 3.05) is 0 Å². The third-order valence-corrected chi connectivity index (χ3v) is 3.77. The molecule has 0 aliphatic carbocycles. The van der Waals surface area contributed by atoms with E-state index in [9.17, 15) is 0 Å². The average molecular weight is 309 g/mol. The number of rotatable bonds is 5. The van der Waals surface area contributed by atoms with Gasteiger partial charge < -0.3 is 5.32 Å². The predicted molar refractivity (Wildman–Crippen MR) is 71.9 cm³/mol. The van der Waals surface area contributed by atoms with Crippen molar-refractivity contribution in [1.82, 2.24) is 15.1 Å². The fraction of sp³-hybridized carbons (Fsp3) is 0.727. The normalized spacial score (nSPS) is 15.1. The smallest absolute Gasteiger partial charge is 0.0739 e. The molecular formula is C11H19BrClN3. The van der Waals surface area contributed by atoms with E-state index in [0.717, 1.165) is 23.1 Å². The zero-order valence-corrected chi connectivity index (χ0v) is 12.6. The van der Waals surface area contributed by atoms with Crippen molar-refractivity contribution in [3.05, 3.63) is 15.9 Å². The predicted octanol–water partition coefficient (Wildman–Crippen LogP) is 2.99. The summed E-state index contributed by atoms with van der Waals surface area (Å²) in [6, 6.07) is 0.412. The largest absolute Gasteiger partial charge is 0.309 e. The lowest BCUT2D eigenvalue weighted by Gasteiger charge is -2.15. The summed E-state index contributed by atoms with van der Waals surface area (Å²) in [5.41, 5.74) is 2.20. The lowest BCUT2D eigenvalue weighted by Crippen LogP contribution is -2.28. The van der Waals surface area contributed by atoms with E-state index in [0.29, 0.717) is 6.04 Å². The molecule has 0 aliphatic heterocycles. The van der Waals surface area contributed by atoms with Crippen LogP contribution in [0, 0.1) is 6.92 Å². The molecule has 1 aromatic rings. The third kappa shape index (κ3) is 3.75. The van der Waals surface area contributed by atoms with Crippen LogP contribution >= 0.6 is 27.5 Å². The highest BCUT2D eigenvalue weighted by atomic mass is 79.9. The van der Waals surface area contributed by atoms with Gasteiger partial charge in [-0.1, -0.05) is 0 Å². The average Bonchev–Trinajstić information content (AvgIpc) is 2.38. The molecule has 1 heterocycles. The highest BCUT2D eigenvalue weighted by Gasteiger charge is 2.12. The Hall–Kier alpha value is -0.0600. The minimum Gasteiger partial charge on any atom is -0.309 e. The second kappa shape index (κ2) is 6.03. The maximum Gasteiger partial charge on any atom is 0.0739 e. The van der Waals surface area contributed by atoms with Gasteiger partial charge in [0.1, 0.15) is 0 Å². The molecule has 0 saturated carbocycles. The Morgan fingerprint density at radius 2 is 2.12 bits per heavy atom. The summed E-state index contributed by atoms with van der Waals surface area (Å²) in [6.45, 7) is 6.97. The molecule has 5 heteroatoms. The van der Waals surface area contributed by atoms with Crippen molar-refractivity contribution >= 4 is 27.5 Å². The molecule has 2 atom stereocenters. The maximum absolute atomic E-state index is 5.95. The van der Waals surface area contributed by atoms with Gasteiger partial charge in [0.05, 0.1) is 15.9 Å². The van der Waals surface area contributed by atoms with Gasteiger partial charge in [0.15, 0.2) is 0 Å². The van der Waals surface area contributed by atoms with Gasteiger partial charge in [0, 0.05) is 25.0 Å². The van der Waals surface area contributed by atoms with E-state index in [2.05, 4.69) is 33.3 Å². The summed E-state index contributed by atoms with van der Waals surface area (Å²) in [6.07, 6.45) is 0.968. The number of aromatic nitrogens is 2. The lowest BCUT2D eigenvalue weighted by molar-refractivity contribution is 0.496. The zero-order chi connectivity index (χ0) is 12.3. The van der Waals surface area contributed by atoms with Crippen LogP contribution < -0.4 is 5.32 Å². The fourth-order valence-corrected chi connectivity index (χ4v) is 2.46. The van der Waals surface area contributed by atoms with E-state index in [1.54, 1.807) is 0 Å². The minimum atomic E-state index is 0.208. The van der Waals surface area contributed by atoms with Gasteiger partial charge in [0.25, 0.3) is 0 Å².